The molecule has 0 radical (unpaired) electrons. The van der Waals surface area contributed by atoms with Gasteiger partial charge in [-0.3, -0.25) is 0 Å². The van der Waals surface area contributed by atoms with Crippen LogP contribution >= 0.6 is 0 Å². The molecule has 1 saturated heterocycles. The Hall–Kier alpha value is -1.36. The minimum Gasteiger partial charge on any atom is -0.358 e. The molecule has 114 valence electrons. The van der Waals surface area contributed by atoms with Crippen LogP contribution in [-0.4, -0.2) is 38.0 Å². The summed E-state index contributed by atoms with van der Waals surface area (Å²) in [4.78, 5) is 2.14. The van der Waals surface area contributed by atoms with Gasteiger partial charge in [-0.2, -0.15) is 0 Å². The van der Waals surface area contributed by atoms with E-state index in [0.717, 1.165) is 25.2 Å². The predicted octanol–water partition coefficient (Wildman–Crippen LogP) is 2.73. The van der Waals surface area contributed by atoms with Crippen molar-refractivity contribution in [3.63, 3.8) is 0 Å². The average Bonchev–Trinajstić information content (AvgIpc) is 2.46. The van der Waals surface area contributed by atoms with Crippen LogP contribution in [0.3, 0.4) is 0 Å². The fourth-order valence-electron chi connectivity index (χ4n) is 3.14. The first-order valence-corrected chi connectivity index (χ1v) is 9.24. The number of sulfonamides is 1. The predicted molar refractivity (Wildman–Crippen MR) is 85.3 cm³/mol. The zero-order valence-corrected chi connectivity index (χ0v) is 13.4. The third kappa shape index (κ3) is 2.98. The van der Waals surface area contributed by atoms with E-state index in [2.05, 4.69) is 47.4 Å². The Bertz CT molecular complexity index is 647. The second-order valence-electron chi connectivity index (χ2n) is 6.24. The van der Waals surface area contributed by atoms with Gasteiger partial charge in [0.25, 0.3) is 10.0 Å². The van der Waals surface area contributed by atoms with E-state index in [4.69, 9.17) is 0 Å². The highest BCUT2D eigenvalue weighted by Crippen LogP contribution is 2.32. The summed E-state index contributed by atoms with van der Waals surface area (Å²) >= 11 is 0. The molecule has 3 rings (SSSR count). The lowest BCUT2D eigenvalue weighted by Crippen LogP contribution is -2.46. The Morgan fingerprint density at radius 3 is 2.57 bits per heavy atom. The normalized spacial score (nSPS) is 24.6. The summed E-state index contributed by atoms with van der Waals surface area (Å²) in [7, 11) is -3.27. The minimum atomic E-state index is -3.27. The van der Waals surface area contributed by atoms with E-state index in [1.165, 1.54) is 11.1 Å². The van der Waals surface area contributed by atoms with Crippen LogP contribution in [0.15, 0.2) is 28.7 Å². The Balaban J connectivity index is 1.94. The first kappa shape index (κ1) is 14.6. The lowest BCUT2D eigenvalue weighted by Gasteiger charge is -2.37. The highest BCUT2D eigenvalue weighted by Gasteiger charge is 2.33. The van der Waals surface area contributed by atoms with Crippen LogP contribution in [0.25, 0.3) is 0 Å². The van der Waals surface area contributed by atoms with Crippen LogP contribution in [0, 0.1) is 0 Å². The molecule has 2 aliphatic rings. The van der Waals surface area contributed by atoms with Gasteiger partial charge >= 0.3 is 0 Å². The van der Waals surface area contributed by atoms with Crippen molar-refractivity contribution in [3.8, 4) is 0 Å². The number of hydrogen-bond acceptors (Lipinski definition) is 3. The van der Waals surface area contributed by atoms with Gasteiger partial charge < -0.3 is 4.90 Å². The molecular formula is C16H22N2O2S. The van der Waals surface area contributed by atoms with Crippen molar-refractivity contribution in [1.29, 1.82) is 0 Å². The summed E-state index contributed by atoms with van der Waals surface area (Å²) in [6, 6.07) is 8.56. The summed E-state index contributed by atoms with van der Waals surface area (Å²) in [6.07, 6.45) is 2.07. The molecule has 5 heteroatoms. The van der Waals surface area contributed by atoms with Gasteiger partial charge in [0.2, 0.25) is 0 Å². The van der Waals surface area contributed by atoms with E-state index in [0.29, 0.717) is 12.5 Å². The largest absolute Gasteiger partial charge is 0.358 e. The van der Waals surface area contributed by atoms with Crippen molar-refractivity contribution in [3.05, 3.63) is 35.4 Å². The zero-order chi connectivity index (χ0) is 15.0. The van der Waals surface area contributed by atoms with E-state index in [1.807, 2.05) is 0 Å². The lowest BCUT2D eigenvalue weighted by molar-refractivity contribution is 0.366. The number of amidine groups is 1. The minimum absolute atomic E-state index is 0.120. The lowest BCUT2D eigenvalue weighted by atomic mass is 9.88. The quantitative estimate of drug-likeness (QED) is 0.844. The topological polar surface area (TPSA) is 49.7 Å². The van der Waals surface area contributed by atoms with Gasteiger partial charge in [0.1, 0.15) is 5.84 Å². The van der Waals surface area contributed by atoms with E-state index < -0.39 is 10.0 Å². The Labute approximate surface area is 126 Å². The van der Waals surface area contributed by atoms with Gasteiger partial charge in [-0.15, -0.1) is 4.40 Å². The van der Waals surface area contributed by atoms with E-state index >= 15 is 0 Å². The molecule has 1 aromatic carbocycles. The van der Waals surface area contributed by atoms with Gasteiger partial charge in [-0.25, -0.2) is 8.42 Å². The summed E-state index contributed by atoms with van der Waals surface area (Å²) in [5.41, 5.74) is 2.49. The number of fused-ring (bicyclic) bond motifs is 1. The fourth-order valence-corrected chi connectivity index (χ4v) is 4.21. The van der Waals surface area contributed by atoms with Crippen LogP contribution < -0.4 is 0 Å². The number of hydrogen-bond donors (Lipinski definition) is 0. The van der Waals surface area contributed by atoms with E-state index in [9.17, 15) is 8.42 Å². The van der Waals surface area contributed by atoms with Gasteiger partial charge in [-0.1, -0.05) is 38.1 Å². The molecule has 0 bridgehead atoms. The standard InChI is InChI=1S/C16H22N2O2S/c1-12(2)13-5-7-14(8-6-13)15-4-3-9-18-10-11-21(19,20)17-16(15)18/h5-8,12,15H,3-4,9-11H2,1-2H3. The number of rotatable bonds is 2. The molecule has 1 aromatic rings. The van der Waals surface area contributed by atoms with Crippen molar-refractivity contribution < 1.29 is 8.42 Å². The molecule has 2 aliphatic heterocycles. The molecule has 0 N–H and O–H groups in total. The summed E-state index contributed by atoms with van der Waals surface area (Å²) in [5, 5.41) is 0. The first-order chi connectivity index (χ1) is 9.96. The van der Waals surface area contributed by atoms with Crippen molar-refractivity contribution in [2.24, 2.45) is 4.40 Å². The van der Waals surface area contributed by atoms with Crippen LogP contribution in [0.2, 0.25) is 0 Å². The highest BCUT2D eigenvalue weighted by atomic mass is 32.2. The molecule has 0 aliphatic carbocycles. The molecule has 0 aromatic heterocycles. The van der Waals surface area contributed by atoms with Crippen LogP contribution in [0.5, 0.6) is 0 Å². The van der Waals surface area contributed by atoms with Crippen molar-refractivity contribution >= 4 is 15.9 Å². The zero-order valence-electron chi connectivity index (χ0n) is 12.6. The molecule has 0 saturated carbocycles. The van der Waals surface area contributed by atoms with Gasteiger partial charge in [-0.05, 0) is 29.9 Å². The van der Waals surface area contributed by atoms with Gasteiger partial charge in [0.15, 0.2) is 0 Å². The molecule has 4 nitrogen and oxygen atoms in total. The maximum absolute atomic E-state index is 11.8. The Morgan fingerprint density at radius 1 is 1.19 bits per heavy atom. The van der Waals surface area contributed by atoms with Gasteiger partial charge in [0, 0.05) is 19.0 Å². The molecule has 21 heavy (non-hydrogen) atoms. The third-order valence-electron chi connectivity index (χ3n) is 4.41. The Kier molecular flexibility index (Phi) is 3.78. The molecular weight excluding hydrogens is 284 g/mol. The summed E-state index contributed by atoms with van der Waals surface area (Å²) in [5.74, 6) is 1.53. The summed E-state index contributed by atoms with van der Waals surface area (Å²) in [6.45, 7) is 5.86. The van der Waals surface area contributed by atoms with E-state index in [1.54, 1.807) is 0 Å². The maximum atomic E-state index is 11.8. The SMILES string of the molecule is CC(C)c1ccc(C2CCCN3CCS(=O)(=O)N=C23)cc1. The highest BCUT2D eigenvalue weighted by molar-refractivity contribution is 7.90. The molecule has 0 spiro atoms. The molecule has 2 heterocycles. The van der Waals surface area contributed by atoms with Crippen LogP contribution in [0.1, 0.15) is 49.7 Å². The number of nitrogens with zero attached hydrogens (tertiary/aromatic N) is 2. The van der Waals surface area contributed by atoms with Crippen molar-refractivity contribution in [2.75, 3.05) is 18.8 Å². The second-order valence-corrected chi connectivity index (χ2v) is 7.99. The van der Waals surface area contributed by atoms with Crippen LogP contribution in [-0.2, 0) is 10.0 Å². The number of piperidine rings is 1. The van der Waals surface area contributed by atoms with E-state index in [-0.39, 0.29) is 11.7 Å². The number of benzene rings is 1. The smallest absolute Gasteiger partial charge is 0.256 e. The monoisotopic (exact) mass is 306 g/mol. The Morgan fingerprint density at radius 2 is 1.90 bits per heavy atom. The van der Waals surface area contributed by atoms with Crippen molar-refractivity contribution in [2.45, 2.75) is 38.5 Å². The first-order valence-electron chi connectivity index (χ1n) is 7.63. The molecule has 1 unspecified atom stereocenters. The molecule has 1 atom stereocenters. The van der Waals surface area contributed by atoms with Crippen LogP contribution in [0.4, 0.5) is 0 Å². The van der Waals surface area contributed by atoms with Gasteiger partial charge in [0.05, 0.1) is 5.75 Å². The fraction of sp³-hybridized carbons (Fsp3) is 0.562. The maximum Gasteiger partial charge on any atom is 0.256 e. The molecule has 0 amide bonds. The van der Waals surface area contributed by atoms with Crippen molar-refractivity contribution in [1.82, 2.24) is 4.90 Å². The average molecular weight is 306 g/mol. The third-order valence-corrected chi connectivity index (χ3v) is 5.58. The summed E-state index contributed by atoms with van der Waals surface area (Å²) < 4.78 is 27.7. The second kappa shape index (κ2) is 5.44. The molecule has 1 fully saturated rings.